The van der Waals surface area contributed by atoms with Crippen molar-refractivity contribution in [3.05, 3.63) is 0 Å². The standard InChI is InChI=1S/C11H22N2S2/c1-3-12-4-2-11(1)15-10-7-13-5-8-14-9-6-13/h11-12H,1-10H2. The zero-order chi connectivity index (χ0) is 10.3. The van der Waals surface area contributed by atoms with Gasteiger partial charge in [-0.05, 0) is 25.9 Å². The molecular weight excluding hydrogens is 224 g/mol. The van der Waals surface area contributed by atoms with E-state index in [1.807, 2.05) is 0 Å². The van der Waals surface area contributed by atoms with Gasteiger partial charge in [0.25, 0.3) is 0 Å². The molecule has 0 unspecified atom stereocenters. The van der Waals surface area contributed by atoms with Crippen LogP contribution in [0.4, 0.5) is 0 Å². The van der Waals surface area contributed by atoms with Gasteiger partial charge < -0.3 is 10.2 Å². The Balaban J connectivity index is 1.53. The van der Waals surface area contributed by atoms with Crippen LogP contribution in [0.25, 0.3) is 0 Å². The molecule has 2 saturated heterocycles. The molecule has 0 atom stereocenters. The van der Waals surface area contributed by atoms with E-state index in [0.717, 1.165) is 5.25 Å². The third-order valence-corrected chi connectivity index (χ3v) is 5.45. The largest absolute Gasteiger partial charge is 0.317 e. The van der Waals surface area contributed by atoms with Crippen LogP contribution < -0.4 is 5.32 Å². The number of nitrogens with zero attached hydrogens (tertiary/aromatic N) is 1. The monoisotopic (exact) mass is 246 g/mol. The van der Waals surface area contributed by atoms with Crippen molar-refractivity contribution in [1.82, 2.24) is 10.2 Å². The lowest BCUT2D eigenvalue weighted by Gasteiger charge is -2.27. The molecule has 0 aromatic heterocycles. The lowest BCUT2D eigenvalue weighted by molar-refractivity contribution is 0.322. The predicted octanol–water partition coefficient (Wildman–Crippen LogP) is 1.52. The third-order valence-electron chi connectivity index (χ3n) is 3.15. The van der Waals surface area contributed by atoms with Crippen LogP contribution in [0.3, 0.4) is 0 Å². The first-order valence-electron chi connectivity index (χ1n) is 6.07. The molecule has 0 aromatic carbocycles. The predicted molar refractivity (Wildman–Crippen MR) is 72.1 cm³/mol. The normalized spacial score (nSPS) is 25.6. The number of rotatable bonds is 4. The number of thioether (sulfide) groups is 2. The molecule has 2 heterocycles. The van der Waals surface area contributed by atoms with Crippen molar-refractivity contribution in [1.29, 1.82) is 0 Å². The van der Waals surface area contributed by atoms with Crippen LogP contribution in [0.1, 0.15) is 12.8 Å². The fourth-order valence-electron chi connectivity index (χ4n) is 2.14. The van der Waals surface area contributed by atoms with E-state index < -0.39 is 0 Å². The van der Waals surface area contributed by atoms with Crippen molar-refractivity contribution in [3.63, 3.8) is 0 Å². The maximum atomic E-state index is 3.43. The smallest absolute Gasteiger partial charge is 0.00731 e. The highest BCUT2D eigenvalue weighted by molar-refractivity contribution is 8.00. The van der Waals surface area contributed by atoms with Crippen molar-refractivity contribution in [3.8, 4) is 0 Å². The van der Waals surface area contributed by atoms with Crippen LogP contribution in [-0.4, -0.2) is 60.1 Å². The molecule has 4 heteroatoms. The molecule has 2 aliphatic heterocycles. The molecule has 0 saturated carbocycles. The number of nitrogens with one attached hydrogen (secondary N) is 1. The van der Waals surface area contributed by atoms with Crippen LogP contribution in [0.2, 0.25) is 0 Å². The van der Waals surface area contributed by atoms with Gasteiger partial charge in [-0.3, -0.25) is 0 Å². The first-order valence-corrected chi connectivity index (χ1v) is 8.28. The van der Waals surface area contributed by atoms with Crippen molar-refractivity contribution in [2.45, 2.75) is 18.1 Å². The summed E-state index contributed by atoms with van der Waals surface area (Å²) in [5.74, 6) is 4.03. The molecule has 2 aliphatic rings. The second kappa shape index (κ2) is 7.05. The van der Waals surface area contributed by atoms with Crippen LogP contribution in [0.5, 0.6) is 0 Å². The molecule has 0 radical (unpaired) electrons. The molecular formula is C11H22N2S2. The maximum absolute atomic E-state index is 3.43. The number of hydrogen-bond donors (Lipinski definition) is 1. The fraction of sp³-hybridized carbons (Fsp3) is 1.00. The fourth-order valence-corrected chi connectivity index (χ4v) is 4.38. The molecule has 15 heavy (non-hydrogen) atoms. The van der Waals surface area contributed by atoms with Gasteiger partial charge in [-0.15, -0.1) is 0 Å². The third kappa shape index (κ3) is 4.55. The zero-order valence-corrected chi connectivity index (χ0v) is 11.0. The Kier molecular flexibility index (Phi) is 5.68. The molecule has 0 aliphatic carbocycles. The van der Waals surface area contributed by atoms with E-state index in [-0.39, 0.29) is 0 Å². The van der Waals surface area contributed by atoms with Crippen LogP contribution in [-0.2, 0) is 0 Å². The summed E-state index contributed by atoms with van der Waals surface area (Å²) in [4.78, 5) is 2.63. The molecule has 2 nitrogen and oxygen atoms in total. The highest BCUT2D eigenvalue weighted by Gasteiger charge is 2.14. The molecule has 1 N–H and O–H groups in total. The highest BCUT2D eigenvalue weighted by Crippen LogP contribution is 2.20. The summed E-state index contributed by atoms with van der Waals surface area (Å²) < 4.78 is 0. The molecule has 0 spiro atoms. The van der Waals surface area contributed by atoms with Crippen molar-refractivity contribution >= 4 is 23.5 Å². The minimum atomic E-state index is 0.936. The summed E-state index contributed by atoms with van der Waals surface area (Å²) in [7, 11) is 0. The van der Waals surface area contributed by atoms with E-state index in [0.29, 0.717) is 0 Å². The number of hydrogen-bond acceptors (Lipinski definition) is 4. The Hall–Kier alpha value is 0.620. The number of piperidine rings is 1. The van der Waals surface area contributed by atoms with E-state index in [1.165, 1.54) is 62.8 Å². The highest BCUT2D eigenvalue weighted by atomic mass is 32.2. The minimum absolute atomic E-state index is 0.936. The average Bonchev–Trinajstić information content (AvgIpc) is 2.32. The average molecular weight is 246 g/mol. The lowest BCUT2D eigenvalue weighted by atomic mass is 10.2. The quantitative estimate of drug-likeness (QED) is 0.809. The van der Waals surface area contributed by atoms with Gasteiger partial charge in [-0.2, -0.15) is 23.5 Å². The second-order valence-electron chi connectivity index (χ2n) is 4.27. The van der Waals surface area contributed by atoms with E-state index in [9.17, 15) is 0 Å². The summed E-state index contributed by atoms with van der Waals surface area (Å²) in [6.45, 7) is 6.42. The van der Waals surface area contributed by atoms with Crippen LogP contribution in [0, 0.1) is 0 Å². The second-order valence-corrected chi connectivity index (χ2v) is 6.91. The SMILES string of the molecule is C1CC(SCCN2CCSCC2)CCN1. The summed E-state index contributed by atoms with van der Waals surface area (Å²) in [6, 6.07) is 0. The van der Waals surface area contributed by atoms with Gasteiger partial charge in [0.1, 0.15) is 0 Å². The topological polar surface area (TPSA) is 15.3 Å². The first-order chi connectivity index (χ1) is 7.45. The van der Waals surface area contributed by atoms with Gasteiger partial charge in [0.2, 0.25) is 0 Å². The van der Waals surface area contributed by atoms with E-state index in [2.05, 4.69) is 33.7 Å². The summed E-state index contributed by atoms with van der Waals surface area (Å²) in [5.41, 5.74) is 0. The molecule has 0 amide bonds. The van der Waals surface area contributed by atoms with Crippen molar-refractivity contribution < 1.29 is 0 Å². The van der Waals surface area contributed by atoms with Gasteiger partial charge in [0, 0.05) is 42.1 Å². The lowest BCUT2D eigenvalue weighted by Crippen LogP contribution is -2.35. The first kappa shape index (κ1) is 12.1. The van der Waals surface area contributed by atoms with Gasteiger partial charge in [-0.25, -0.2) is 0 Å². The van der Waals surface area contributed by atoms with Crippen molar-refractivity contribution in [2.24, 2.45) is 0 Å². The van der Waals surface area contributed by atoms with E-state index in [4.69, 9.17) is 0 Å². The van der Waals surface area contributed by atoms with Gasteiger partial charge in [0.15, 0.2) is 0 Å². The Morgan fingerprint density at radius 2 is 1.93 bits per heavy atom. The van der Waals surface area contributed by atoms with E-state index in [1.54, 1.807) is 0 Å². The Morgan fingerprint density at radius 3 is 2.67 bits per heavy atom. The Bertz CT molecular complexity index is 148. The molecule has 2 fully saturated rings. The molecule has 2 rings (SSSR count). The maximum Gasteiger partial charge on any atom is 0.00731 e. The zero-order valence-electron chi connectivity index (χ0n) is 9.41. The van der Waals surface area contributed by atoms with Crippen LogP contribution in [0.15, 0.2) is 0 Å². The van der Waals surface area contributed by atoms with E-state index >= 15 is 0 Å². The van der Waals surface area contributed by atoms with Crippen LogP contribution >= 0.6 is 23.5 Å². The van der Waals surface area contributed by atoms with Gasteiger partial charge in [0.05, 0.1) is 0 Å². The Labute approximate surface area is 102 Å². The summed E-state index contributed by atoms with van der Waals surface area (Å²) in [5, 5.41) is 4.36. The summed E-state index contributed by atoms with van der Waals surface area (Å²) >= 11 is 4.31. The summed E-state index contributed by atoms with van der Waals surface area (Å²) in [6.07, 6.45) is 2.75. The molecule has 0 bridgehead atoms. The van der Waals surface area contributed by atoms with Gasteiger partial charge >= 0.3 is 0 Å². The molecule has 88 valence electrons. The Morgan fingerprint density at radius 1 is 1.20 bits per heavy atom. The molecule has 0 aromatic rings. The van der Waals surface area contributed by atoms with Crippen molar-refractivity contribution in [2.75, 3.05) is 50.0 Å². The minimum Gasteiger partial charge on any atom is -0.317 e. The van der Waals surface area contributed by atoms with Gasteiger partial charge in [-0.1, -0.05) is 0 Å².